The van der Waals surface area contributed by atoms with E-state index in [-0.39, 0.29) is 12.4 Å². The van der Waals surface area contributed by atoms with E-state index in [0.717, 1.165) is 15.7 Å². The van der Waals surface area contributed by atoms with Crippen LogP contribution in [0.4, 0.5) is 0 Å². The van der Waals surface area contributed by atoms with E-state index in [4.69, 9.17) is 9.47 Å². The monoisotopic (exact) mass is 332 g/mol. The first-order valence-corrected chi connectivity index (χ1v) is 6.64. The summed E-state index contributed by atoms with van der Waals surface area (Å²) in [5, 5.41) is 0. The molecule has 0 amide bonds. The minimum Gasteiger partial charge on any atom is -0.483 e. The molecule has 16 heavy (non-hydrogen) atoms. The van der Waals surface area contributed by atoms with Crippen LogP contribution in [-0.2, 0) is 16.0 Å². The van der Waals surface area contributed by atoms with Crippen molar-refractivity contribution < 1.29 is 14.3 Å². The lowest BCUT2D eigenvalue weighted by Gasteiger charge is -2.31. The van der Waals surface area contributed by atoms with Gasteiger partial charge in [0.2, 0.25) is 0 Å². The van der Waals surface area contributed by atoms with Gasteiger partial charge in [0, 0.05) is 9.99 Å². The minimum absolute atomic E-state index is 0.188. The number of ether oxygens (including phenoxy) is 2. The molecule has 1 aliphatic heterocycles. The van der Waals surface area contributed by atoms with Crippen LogP contribution < -0.4 is 4.74 Å². The van der Waals surface area contributed by atoms with E-state index in [1.807, 2.05) is 31.2 Å². The molecule has 1 heterocycles. The highest BCUT2D eigenvalue weighted by Gasteiger charge is 2.30. The topological polar surface area (TPSA) is 35.5 Å². The van der Waals surface area contributed by atoms with E-state index >= 15 is 0 Å². The van der Waals surface area contributed by atoms with Crippen molar-refractivity contribution in [2.24, 2.45) is 0 Å². The summed E-state index contributed by atoms with van der Waals surface area (Å²) in [6.07, 6.45) is 0.285. The van der Waals surface area contributed by atoms with Gasteiger partial charge in [-0.15, -0.1) is 0 Å². The lowest BCUT2D eigenvalue weighted by molar-refractivity contribution is -0.148. The number of carbonyl (C=O) groups is 1. The van der Waals surface area contributed by atoms with E-state index in [9.17, 15) is 4.79 Å². The Morgan fingerprint density at radius 3 is 2.94 bits per heavy atom. The molecule has 3 nitrogen and oxygen atoms in total. The highest BCUT2D eigenvalue weighted by Crippen LogP contribution is 2.27. The number of fused-ring (bicyclic) bond motifs is 1. The van der Waals surface area contributed by atoms with Crippen LogP contribution in [0.5, 0.6) is 5.75 Å². The van der Waals surface area contributed by atoms with Gasteiger partial charge in [0.1, 0.15) is 18.0 Å². The van der Waals surface area contributed by atoms with Gasteiger partial charge >= 0.3 is 5.97 Å². The van der Waals surface area contributed by atoms with Crippen molar-refractivity contribution in [2.45, 2.75) is 18.9 Å². The van der Waals surface area contributed by atoms with Crippen LogP contribution in [0.2, 0.25) is 0 Å². The molecule has 1 aromatic rings. The van der Waals surface area contributed by atoms with Gasteiger partial charge in [-0.2, -0.15) is 0 Å². The summed E-state index contributed by atoms with van der Waals surface area (Å²) in [6.45, 7) is 2.26. The number of cyclic esters (lactones) is 1. The number of halogens is 1. The van der Waals surface area contributed by atoms with E-state index in [0.29, 0.717) is 6.61 Å². The summed E-state index contributed by atoms with van der Waals surface area (Å²) in [5.74, 6) is 0.602. The predicted octanol–water partition coefficient (Wildman–Crippen LogP) is 2.36. The molecular weight excluding hydrogens is 319 g/mol. The maximum atomic E-state index is 11.5. The van der Waals surface area contributed by atoms with Crippen LogP contribution in [0.3, 0.4) is 0 Å². The number of esters is 1. The Balaban J connectivity index is 2.37. The van der Waals surface area contributed by atoms with E-state index < -0.39 is 5.60 Å². The second-order valence-electron chi connectivity index (χ2n) is 4.13. The Labute approximate surface area is 108 Å². The summed E-state index contributed by atoms with van der Waals surface area (Å²) in [5.41, 5.74) is 0.454. The summed E-state index contributed by atoms with van der Waals surface area (Å²) in [6, 6.07) is 7.62. The Morgan fingerprint density at radius 1 is 1.44 bits per heavy atom. The number of hydrogen-bond donors (Lipinski definition) is 0. The molecular formula is C12H13IO3. The minimum atomic E-state index is -0.438. The summed E-state index contributed by atoms with van der Waals surface area (Å²) in [7, 11) is 0. The largest absolute Gasteiger partial charge is 0.483 e. The molecule has 1 aliphatic rings. The maximum absolute atomic E-state index is 11.5. The molecule has 0 bridgehead atoms. The fourth-order valence-electron chi connectivity index (χ4n) is 1.55. The zero-order chi connectivity index (χ0) is 11.6. The highest BCUT2D eigenvalue weighted by molar-refractivity contribution is 14.1. The SMILES string of the molecule is CC1(CI)COC(=O)Cc2ccccc2O1. The number of alkyl halides is 1. The fourth-order valence-corrected chi connectivity index (χ4v) is 1.93. The zero-order valence-electron chi connectivity index (χ0n) is 9.03. The van der Waals surface area contributed by atoms with Gasteiger partial charge in [0.15, 0.2) is 0 Å². The molecule has 0 N–H and O–H groups in total. The molecule has 0 saturated heterocycles. The normalized spacial score (nSPS) is 24.8. The third kappa shape index (κ3) is 2.48. The molecule has 0 fully saturated rings. The standard InChI is InChI=1S/C12H13IO3/c1-12(7-13)8-15-11(14)6-9-4-2-3-5-10(9)16-12/h2-5H,6-8H2,1H3. The fraction of sp³-hybridized carbons (Fsp3) is 0.417. The van der Waals surface area contributed by atoms with Gasteiger partial charge in [-0.25, -0.2) is 0 Å². The van der Waals surface area contributed by atoms with E-state index in [2.05, 4.69) is 22.6 Å². The summed E-state index contributed by atoms with van der Waals surface area (Å²) < 4.78 is 11.9. The van der Waals surface area contributed by atoms with Crippen LogP contribution in [0.1, 0.15) is 12.5 Å². The number of hydrogen-bond acceptors (Lipinski definition) is 3. The number of rotatable bonds is 1. The van der Waals surface area contributed by atoms with Crippen molar-refractivity contribution in [1.82, 2.24) is 0 Å². The molecule has 0 aliphatic carbocycles. The average Bonchev–Trinajstić information content (AvgIpc) is 2.27. The van der Waals surface area contributed by atoms with Gasteiger partial charge < -0.3 is 9.47 Å². The quantitative estimate of drug-likeness (QED) is 0.450. The maximum Gasteiger partial charge on any atom is 0.310 e. The smallest absolute Gasteiger partial charge is 0.310 e. The van der Waals surface area contributed by atoms with Crippen LogP contribution in [0.25, 0.3) is 0 Å². The van der Waals surface area contributed by atoms with Gasteiger partial charge in [0.05, 0.1) is 6.42 Å². The number of para-hydroxylation sites is 1. The van der Waals surface area contributed by atoms with Crippen molar-refractivity contribution in [3.63, 3.8) is 0 Å². The molecule has 2 rings (SSSR count). The van der Waals surface area contributed by atoms with Crippen LogP contribution in [0, 0.1) is 0 Å². The Kier molecular flexibility index (Phi) is 3.37. The Morgan fingerprint density at radius 2 is 2.19 bits per heavy atom. The zero-order valence-corrected chi connectivity index (χ0v) is 11.2. The first-order valence-electron chi connectivity index (χ1n) is 5.11. The third-order valence-corrected chi connectivity index (χ3v) is 4.10. The predicted molar refractivity (Wildman–Crippen MR) is 69.0 cm³/mol. The molecule has 86 valence electrons. The Bertz CT molecular complexity index is 405. The number of benzene rings is 1. The second kappa shape index (κ2) is 4.61. The van der Waals surface area contributed by atoms with Gasteiger partial charge in [-0.05, 0) is 13.0 Å². The van der Waals surface area contributed by atoms with Crippen LogP contribution in [0.15, 0.2) is 24.3 Å². The van der Waals surface area contributed by atoms with E-state index in [1.165, 1.54) is 0 Å². The van der Waals surface area contributed by atoms with Crippen LogP contribution >= 0.6 is 22.6 Å². The highest BCUT2D eigenvalue weighted by atomic mass is 127. The molecule has 1 aromatic carbocycles. The average molecular weight is 332 g/mol. The third-order valence-electron chi connectivity index (χ3n) is 2.48. The van der Waals surface area contributed by atoms with Crippen molar-refractivity contribution in [3.8, 4) is 5.75 Å². The van der Waals surface area contributed by atoms with E-state index in [1.54, 1.807) is 0 Å². The molecule has 4 heteroatoms. The van der Waals surface area contributed by atoms with Gasteiger partial charge in [-0.1, -0.05) is 40.8 Å². The van der Waals surface area contributed by atoms with Crippen molar-refractivity contribution in [2.75, 3.05) is 11.0 Å². The second-order valence-corrected chi connectivity index (χ2v) is 4.89. The molecule has 0 saturated carbocycles. The Hall–Kier alpha value is -0.780. The van der Waals surface area contributed by atoms with Gasteiger partial charge in [0.25, 0.3) is 0 Å². The molecule has 0 aromatic heterocycles. The number of carbonyl (C=O) groups excluding carboxylic acids is 1. The van der Waals surface area contributed by atoms with Crippen molar-refractivity contribution in [3.05, 3.63) is 29.8 Å². The van der Waals surface area contributed by atoms with Crippen molar-refractivity contribution in [1.29, 1.82) is 0 Å². The lowest BCUT2D eigenvalue weighted by atomic mass is 10.1. The molecule has 1 unspecified atom stereocenters. The molecule has 0 spiro atoms. The lowest BCUT2D eigenvalue weighted by Crippen LogP contribution is -2.42. The molecule has 1 atom stereocenters. The van der Waals surface area contributed by atoms with Gasteiger partial charge in [-0.3, -0.25) is 4.79 Å². The summed E-state index contributed by atoms with van der Waals surface area (Å²) >= 11 is 2.24. The van der Waals surface area contributed by atoms with Crippen LogP contribution in [-0.4, -0.2) is 22.6 Å². The first-order chi connectivity index (χ1) is 7.63. The summed E-state index contributed by atoms with van der Waals surface area (Å²) in [4.78, 5) is 11.5. The molecule has 0 radical (unpaired) electrons. The van der Waals surface area contributed by atoms with Crippen molar-refractivity contribution >= 4 is 28.6 Å². The first kappa shape index (κ1) is 11.7.